The van der Waals surface area contributed by atoms with Crippen molar-refractivity contribution in [3.63, 3.8) is 0 Å². The van der Waals surface area contributed by atoms with Crippen LogP contribution in [0, 0.1) is 12.7 Å². The predicted molar refractivity (Wildman–Crippen MR) is 109 cm³/mol. The molecular weight excluding hydrogens is 395 g/mol. The highest BCUT2D eigenvalue weighted by atomic mass is 32.2. The number of hydrogen-bond donors (Lipinski definition) is 2. The molecule has 0 heterocycles. The molecule has 2 N–H and O–H groups in total. The fourth-order valence-electron chi connectivity index (χ4n) is 2.72. The van der Waals surface area contributed by atoms with E-state index in [1.54, 1.807) is 24.3 Å². The summed E-state index contributed by atoms with van der Waals surface area (Å²) in [7, 11) is -2.46. The number of carbonyl (C=O) groups excluding carboxylic acids is 1. The summed E-state index contributed by atoms with van der Waals surface area (Å²) in [6.07, 6.45) is 0. The van der Waals surface area contributed by atoms with Gasteiger partial charge in [0.05, 0.1) is 17.7 Å². The molecule has 0 aliphatic heterocycles. The molecule has 29 heavy (non-hydrogen) atoms. The largest absolute Gasteiger partial charge is 0.495 e. The van der Waals surface area contributed by atoms with E-state index in [1.165, 1.54) is 56.5 Å². The van der Waals surface area contributed by atoms with Crippen molar-refractivity contribution in [2.75, 3.05) is 17.1 Å². The maximum absolute atomic E-state index is 13.7. The molecule has 150 valence electrons. The van der Waals surface area contributed by atoms with Crippen LogP contribution < -0.4 is 14.8 Å². The van der Waals surface area contributed by atoms with Gasteiger partial charge in [-0.25, -0.2) is 12.8 Å². The first kappa shape index (κ1) is 20.3. The molecule has 0 atom stereocenters. The van der Waals surface area contributed by atoms with Crippen LogP contribution in [0.1, 0.15) is 15.9 Å². The Balaban J connectivity index is 1.76. The summed E-state index contributed by atoms with van der Waals surface area (Å²) in [5, 5.41) is 2.74. The number of methoxy groups -OCH3 is 1. The quantitative estimate of drug-likeness (QED) is 0.633. The number of benzene rings is 3. The van der Waals surface area contributed by atoms with Crippen LogP contribution in [0.4, 0.5) is 15.8 Å². The number of halogens is 1. The van der Waals surface area contributed by atoms with E-state index in [-0.39, 0.29) is 22.1 Å². The average molecular weight is 414 g/mol. The molecule has 0 aliphatic carbocycles. The number of anilines is 2. The molecule has 3 aromatic rings. The minimum absolute atomic E-state index is 0.0350. The molecule has 8 heteroatoms. The number of amides is 1. The lowest BCUT2D eigenvalue weighted by Gasteiger charge is -2.12. The number of ether oxygens (including phenoxy) is 1. The second-order valence-corrected chi connectivity index (χ2v) is 7.85. The molecule has 0 saturated carbocycles. The lowest BCUT2D eigenvalue weighted by molar-refractivity contribution is 0.102. The zero-order valence-electron chi connectivity index (χ0n) is 15.8. The van der Waals surface area contributed by atoms with Gasteiger partial charge >= 0.3 is 0 Å². The van der Waals surface area contributed by atoms with Gasteiger partial charge in [0.1, 0.15) is 11.6 Å². The van der Waals surface area contributed by atoms with Gasteiger partial charge in [0.25, 0.3) is 15.9 Å². The van der Waals surface area contributed by atoms with Crippen molar-refractivity contribution in [1.82, 2.24) is 0 Å². The van der Waals surface area contributed by atoms with Crippen LogP contribution >= 0.6 is 0 Å². The van der Waals surface area contributed by atoms with Crippen LogP contribution in [0.3, 0.4) is 0 Å². The highest BCUT2D eigenvalue weighted by molar-refractivity contribution is 7.92. The van der Waals surface area contributed by atoms with Gasteiger partial charge in [-0.15, -0.1) is 0 Å². The number of nitrogens with one attached hydrogen (secondary N) is 2. The summed E-state index contributed by atoms with van der Waals surface area (Å²) in [5.74, 6) is -0.447. The molecule has 0 bridgehead atoms. The third kappa shape index (κ3) is 4.55. The molecule has 0 aliphatic rings. The third-order valence-electron chi connectivity index (χ3n) is 4.26. The first-order valence-corrected chi connectivity index (χ1v) is 10.1. The van der Waals surface area contributed by atoms with Gasteiger partial charge in [-0.3, -0.25) is 9.52 Å². The number of carbonyl (C=O) groups is 1. The molecule has 3 rings (SSSR count). The number of para-hydroxylation sites is 2. The monoisotopic (exact) mass is 414 g/mol. The van der Waals surface area contributed by atoms with E-state index in [2.05, 4.69) is 10.0 Å². The van der Waals surface area contributed by atoms with Crippen LogP contribution in [-0.4, -0.2) is 21.4 Å². The topological polar surface area (TPSA) is 84.5 Å². The van der Waals surface area contributed by atoms with Crippen LogP contribution in [0.2, 0.25) is 0 Å². The van der Waals surface area contributed by atoms with Gasteiger partial charge < -0.3 is 10.1 Å². The zero-order valence-corrected chi connectivity index (χ0v) is 16.6. The third-order valence-corrected chi connectivity index (χ3v) is 5.79. The van der Waals surface area contributed by atoms with E-state index in [1.807, 2.05) is 0 Å². The summed E-state index contributed by atoms with van der Waals surface area (Å²) >= 11 is 0. The van der Waals surface area contributed by atoms with Crippen molar-refractivity contribution in [3.05, 3.63) is 83.7 Å². The lowest BCUT2D eigenvalue weighted by Crippen LogP contribution is -2.15. The lowest BCUT2D eigenvalue weighted by atomic mass is 10.2. The second kappa shape index (κ2) is 8.32. The minimum atomic E-state index is -3.96. The van der Waals surface area contributed by atoms with Crippen LogP contribution in [0.5, 0.6) is 5.75 Å². The minimum Gasteiger partial charge on any atom is -0.495 e. The normalized spacial score (nSPS) is 11.0. The molecule has 1 amide bonds. The van der Waals surface area contributed by atoms with Gasteiger partial charge in [-0.1, -0.05) is 18.2 Å². The Morgan fingerprint density at radius 3 is 2.34 bits per heavy atom. The molecule has 6 nitrogen and oxygen atoms in total. The Kier molecular flexibility index (Phi) is 5.84. The van der Waals surface area contributed by atoms with Gasteiger partial charge in [0.2, 0.25) is 0 Å². The van der Waals surface area contributed by atoms with Gasteiger partial charge in [0, 0.05) is 16.8 Å². The molecule has 0 saturated heterocycles. The molecule has 0 unspecified atom stereocenters. The highest BCUT2D eigenvalue weighted by Crippen LogP contribution is 2.24. The summed E-state index contributed by atoms with van der Waals surface area (Å²) in [6.45, 7) is 1.40. The summed E-state index contributed by atoms with van der Waals surface area (Å²) < 4.78 is 46.3. The first-order valence-electron chi connectivity index (χ1n) is 8.64. The fraction of sp³-hybridized carbons (Fsp3) is 0.0952. The SMILES string of the molecule is COc1ccccc1NC(=O)c1ccc(NS(=O)(=O)c2cccc(F)c2C)cc1. The maximum Gasteiger partial charge on any atom is 0.262 e. The standard InChI is InChI=1S/C21H19FN2O4S/c1-14-17(22)6-5-9-20(14)29(26,27)24-16-12-10-15(11-13-16)21(25)23-18-7-3-4-8-19(18)28-2/h3-13,24H,1-2H3,(H,23,25). The van der Waals surface area contributed by atoms with Crippen molar-refractivity contribution in [3.8, 4) is 5.75 Å². The maximum atomic E-state index is 13.7. The molecule has 0 radical (unpaired) electrons. The van der Waals surface area contributed by atoms with Gasteiger partial charge in [-0.05, 0) is 55.5 Å². The number of sulfonamides is 1. The van der Waals surface area contributed by atoms with E-state index in [4.69, 9.17) is 4.74 Å². The summed E-state index contributed by atoms with van der Waals surface area (Å²) in [6, 6.07) is 16.7. The molecular formula is C21H19FN2O4S. The Morgan fingerprint density at radius 2 is 1.66 bits per heavy atom. The van der Waals surface area contributed by atoms with Crippen molar-refractivity contribution < 1.29 is 22.3 Å². The van der Waals surface area contributed by atoms with Crippen molar-refractivity contribution in [1.29, 1.82) is 0 Å². The van der Waals surface area contributed by atoms with E-state index >= 15 is 0 Å². The molecule has 0 aromatic heterocycles. The van der Waals surface area contributed by atoms with Gasteiger partial charge in [0.15, 0.2) is 0 Å². The van der Waals surface area contributed by atoms with Crippen LogP contribution in [0.15, 0.2) is 71.6 Å². The van der Waals surface area contributed by atoms with Crippen LogP contribution in [-0.2, 0) is 10.0 Å². The average Bonchev–Trinajstić information content (AvgIpc) is 2.70. The summed E-state index contributed by atoms with van der Waals surface area (Å²) in [5.41, 5.74) is 1.14. The van der Waals surface area contributed by atoms with E-state index in [0.29, 0.717) is 17.0 Å². The van der Waals surface area contributed by atoms with Crippen molar-refractivity contribution >= 4 is 27.3 Å². The fourth-order valence-corrected chi connectivity index (χ4v) is 4.04. The number of hydrogen-bond acceptors (Lipinski definition) is 4. The summed E-state index contributed by atoms with van der Waals surface area (Å²) in [4.78, 5) is 12.3. The Labute approximate surface area is 168 Å². The molecule has 3 aromatic carbocycles. The highest BCUT2D eigenvalue weighted by Gasteiger charge is 2.19. The first-order chi connectivity index (χ1) is 13.8. The van der Waals surface area contributed by atoms with Crippen LogP contribution in [0.25, 0.3) is 0 Å². The van der Waals surface area contributed by atoms with Gasteiger partial charge in [-0.2, -0.15) is 0 Å². The smallest absolute Gasteiger partial charge is 0.262 e. The zero-order chi connectivity index (χ0) is 21.0. The van der Waals surface area contributed by atoms with E-state index < -0.39 is 15.8 Å². The Morgan fingerprint density at radius 1 is 0.966 bits per heavy atom. The predicted octanol–water partition coefficient (Wildman–Crippen LogP) is 4.20. The molecule has 0 spiro atoms. The van der Waals surface area contributed by atoms with E-state index in [0.717, 1.165) is 0 Å². The van der Waals surface area contributed by atoms with Crippen molar-refractivity contribution in [2.45, 2.75) is 11.8 Å². The number of rotatable bonds is 6. The second-order valence-electron chi connectivity index (χ2n) is 6.20. The molecule has 0 fully saturated rings. The van der Waals surface area contributed by atoms with Crippen molar-refractivity contribution in [2.24, 2.45) is 0 Å². The Hall–Kier alpha value is -3.39. The van der Waals surface area contributed by atoms with E-state index in [9.17, 15) is 17.6 Å². The Bertz CT molecular complexity index is 1150.